The van der Waals surface area contributed by atoms with Crippen molar-refractivity contribution in [3.63, 3.8) is 0 Å². The molecule has 0 aliphatic carbocycles. The molecule has 1 N–H and O–H groups in total. The van der Waals surface area contributed by atoms with E-state index in [1.807, 2.05) is 6.92 Å². The molecule has 0 bridgehead atoms. The van der Waals surface area contributed by atoms with Gasteiger partial charge in [0.1, 0.15) is 12.4 Å². The first kappa shape index (κ1) is 22.8. The lowest BCUT2D eigenvalue weighted by Gasteiger charge is -2.17. The largest absolute Gasteiger partial charge is 0.463 e. The van der Waals surface area contributed by atoms with Crippen LogP contribution in [0, 0.1) is 17.1 Å². The van der Waals surface area contributed by atoms with Crippen LogP contribution in [0.2, 0.25) is 0 Å². The summed E-state index contributed by atoms with van der Waals surface area (Å²) in [5.74, 6) is -0.874. The third kappa shape index (κ3) is 6.59. The number of carbonyl (C=O) groups is 1. The summed E-state index contributed by atoms with van der Waals surface area (Å²) in [4.78, 5) is 21.2. The lowest BCUT2D eigenvalue weighted by atomic mass is 9.92. The van der Waals surface area contributed by atoms with Gasteiger partial charge in [-0.05, 0) is 55.0 Å². The number of benzene rings is 2. The van der Waals surface area contributed by atoms with Gasteiger partial charge in [0, 0.05) is 24.4 Å². The fourth-order valence-electron chi connectivity index (χ4n) is 3.06. The molecule has 0 aliphatic rings. The highest BCUT2D eigenvalue weighted by molar-refractivity contribution is 5.71. The van der Waals surface area contributed by atoms with Crippen LogP contribution in [0.15, 0.2) is 60.8 Å². The number of aromatic nitrogens is 2. The number of anilines is 2. The zero-order valence-electron chi connectivity index (χ0n) is 17.6. The van der Waals surface area contributed by atoms with Crippen molar-refractivity contribution in [1.82, 2.24) is 9.97 Å². The fourth-order valence-corrected chi connectivity index (χ4v) is 3.06. The highest BCUT2D eigenvalue weighted by Crippen LogP contribution is 2.28. The number of nitrogens with one attached hydrogen (secondary N) is 1. The predicted molar refractivity (Wildman–Crippen MR) is 117 cm³/mol. The number of hydrogen-bond donors (Lipinski definition) is 1. The van der Waals surface area contributed by atoms with Crippen molar-refractivity contribution in [1.29, 1.82) is 5.26 Å². The molecule has 0 saturated carbocycles. The standard InChI is InChI=1S/C24H23FN4O3/c1-2-31-13-14-32-23(30)15-21(18-5-7-19(25)8-6-18)22-11-12-27-24(29-22)28-20-9-3-17(16-26)4-10-20/h3-12,21H,2,13-15H2,1H3,(H,27,28,29). The van der Waals surface area contributed by atoms with E-state index in [4.69, 9.17) is 14.7 Å². The Morgan fingerprint density at radius 1 is 1.12 bits per heavy atom. The van der Waals surface area contributed by atoms with Crippen LogP contribution in [-0.4, -0.2) is 35.8 Å². The molecule has 7 nitrogen and oxygen atoms in total. The first-order chi connectivity index (χ1) is 15.6. The number of hydrogen-bond acceptors (Lipinski definition) is 7. The summed E-state index contributed by atoms with van der Waals surface area (Å²) in [6.45, 7) is 2.91. The van der Waals surface area contributed by atoms with E-state index in [2.05, 4.69) is 21.4 Å². The Bertz CT molecular complexity index is 1070. The number of carbonyl (C=O) groups excluding carboxylic acids is 1. The van der Waals surface area contributed by atoms with E-state index in [0.717, 1.165) is 11.3 Å². The van der Waals surface area contributed by atoms with Crippen LogP contribution in [0.4, 0.5) is 16.0 Å². The van der Waals surface area contributed by atoms with Gasteiger partial charge < -0.3 is 14.8 Å². The second kappa shape index (κ2) is 11.5. The number of rotatable bonds is 10. The van der Waals surface area contributed by atoms with Gasteiger partial charge in [0.05, 0.1) is 30.4 Å². The van der Waals surface area contributed by atoms with E-state index in [0.29, 0.717) is 30.4 Å². The summed E-state index contributed by atoms with van der Waals surface area (Å²) in [5, 5.41) is 12.0. The molecule has 2 aromatic carbocycles. The van der Waals surface area contributed by atoms with Crippen LogP contribution in [0.5, 0.6) is 0 Å². The fraction of sp³-hybridized carbons (Fsp3) is 0.250. The van der Waals surface area contributed by atoms with Gasteiger partial charge in [0.15, 0.2) is 0 Å². The minimum Gasteiger partial charge on any atom is -0.463 e. The van der Waals surface area contributed by atoms with Crippen LogP contribution in [-0.2, 0) is 14.3 Å². The summed E-state index contributed by atoms with van der Waals surface area (Å²) in [6.07, 6.45) is 1.62. The van der Waals surface area contributed by atoms with E-state index in [1.165, 1.54) is 12.1 Å². The van der Waals surface area contributed by atoms with Gasteiger partial charge in [-0.25, -0.2) is 14.4 Å². The van der Waals surface area contributed by atoms with Crippen molar-refractivity contribution in [2.45, 2.75) is 19.3 Å². The third-order valence-corrected chi connectivity index (χ3v) is 4.64. The first-order valence-corrected chi connectivity index (χ1v) is 10.2. The Labute approximate surface area is 185 Å². The lowest BCUT2D eigenvalue weighted by molar-refractivity contribution is -0.145. The number of nitrogens with zero attached hydrogens (tertiary/aromatic N) is 3. The van der Waals surface area contributed by atoms with Gasteiger partial charge in [-0.3, -0.25) is 4.79 Å². The van der Waals surface area contributed by atoms with Crippen molar-refractivity contribution in [2.75, 3.05) is 25.1 Å². The monoisotopic (exact) mass is 434 g/mol. The maximum absolute atomic E-state index is 13.5. The molecule has 1 heterocycles. The van der Waals surface area contributed by atoms with E-state index < -0.39 is 11.9 Å². The molecule has 3 rings (SSSR count). The highest BCUT2D eigenvalue weighted by atomic mass is 19.1. The lowest BCUT2D eigenvalue weighted by Crippen LogP contribution is -2.16. The van der Waals surface area contributed by atoms with Gasteiger partial charge in [-0.1, -0.05) is 12.1 Å². The van der Waals surface area contributed by atoms with Crippen LogP contribution < -0.4 is 5.32 Å². The molecule has 0 spiro atoms. The first-order valence-electron chi connectivity index (χ1n) is 10.2. The molecule has 0 fully saturated rings. The minimum absolute atomic E-state index is 0.0328. The maximum Gasteiger partial charge on any atom is 0.306 e. The van der Waals surface area contributed by atoms with Crippen molar-refractivity contribution in [3.05, 3.63) is 83.4 Å². The Balaban J connectivity index is 1.80. The van der Waals surface area contributed by atoms with Crippen molar-refractivity contribution < 1.29 is 18.7 Å². The molecule has 0 amide bonds. The van der Waals surface area contributed by atoms with E-state index in [-0.39, 0.29) is 18.8 Å². The normalized spacial score (nSPS) is 11.4. The average Bonchev–Trinajstić information content (AvgIpc) is 2.82. The quantitative estimate of drug-likeness (QED) is 0.375. The molecule has 0 radical (unpaired) electrons. The van der Waals surface area contributed by atoms with Crippen LogP contribution in [0.25, 0.3) is 0 Å². The molecule has 0 saturated heterocycles. The molecule has 1 unspecified atom stereocenters. The highest BCUT2D eigenvalue weighted by Gasteiger charge is 2.21. The van der Waals surface area contributed by atoms with Gasteiger partial charge in [-0.15, -0.1) is 0 Å². The molecule has 1 aromatic heterocycles. The summed E-state index contributed by atoms with van der Waals surface area (Å²) < 4.78 is 23.9. The second-order valence-corrected chi connectivity index (χ2v) is 6.84. The SMILES string of the molecule is CCOCCOC(=O)CC(c1ccc(F)cc1)c1ccnc(Nc2ccc(C#N)cc2)n1. The summed E-state index contributed by atoms with van der Waals surface area (Å²) in [7, 11) is 0. The predicted octanol–water partition coefficient (Wildman–Crippen LogP) is 4.33. The Morgan fingerprint density at radius 3 is 2.56 bits per heavy atom. The van der Waals surface area contributed by atoms with E-state index >= 15 is 0 Å². The molecule has 32 heavy (non-hydrogen) atoms. The summed E-state index contributed by atoms with van der Waals surface area (Å²) >= 11 is 0. The molecular formula is C24H23FN4O3. The second-order valence-electron chi connectivity index (χ2n) is 6.84. The molecule has 3 aromatic rings. The van der Waals surface area contributed by atoms with Gasteiger partial charge in [0.2, 0.25) is 5.95 Å². The maximum atomic E-state index is 13.5. The Kier molecular flexibility index (Phi) is 8.23. The zero-order chi connectivity index (χ0) is 22.8. The van der Waals surface area contributed by atoms with Crippen LogP contribution >= 0.6 is 0 Å². The molecule has 0 aliphatic heterocycles. The number of halogens is 1. The van der Waals surface area contributed by atoms with Crippen LogP contribution in [0.3, 0.4) is 0 Å². The number of nitriles is 1. The molecule has 164 valence electrons. The molecular weight excluding hydrogens is 411 g/mol. The molecule has 8 heteroatoms. The summed E-state index contributed by atoms with van der Waals surface area (Å²) in [6, 6.07) is 16.6. The van der Waals surface area contributed by atoms with Gasteiger partial charge in [-0.2, -0.15) is 5.26 Å². The Hall–Kier alpha value is -3.83. The van der Waals surface area contributed by atoms with E-state index in [9.17, 15) is 9.18 Å². The Morgan fingerprint density at radius 2 is 1.88 bits per heavy atom. The van der Waals surface area contributed by atoms with E-state index in [1.54, 1.807) is 48.7 Å². The van der Waals surface area contributed by atoms with Crippen molar-refractivity contribution >= 4 is 17.6 Å². The third-order valence-electron chi connectivity index (χ3n) is 4.64. The van der Waals surface area contributed by atoms with Crippen molar-refractivity contribution in [2.24, 2.45) is 0 Å². The minimum atomic E-state index is -0.445. The van der Waals surface area contributed by atoms with Crippen LogP contribution in [0.1, 0.15) is 36.1 Å². The number of esters is 1. The zero-order valence-corrected chi connectivity index (χ0v) is 17.6. The van der Waals surface area contributed by atoms with Gasteiger partial charge in [0.25, 0.3) is 0 Å². The smallest absolute Gasteiger partial charge is 0.306 e. The average molecular weight is 434 g/mol. The number of ether oxygens (including phenoxy) is 2. The topological polar surface area (TPSA) is 97.1 Å². The van der Waals surface area contributed by atoms with Crippen molar-refractivity contribution in [3.8, 4) is 6.07 Å². The summed E-state index contributed by atoms with van der Waals surface area (Å²) in [5.41, 5.74) is 2.58. The molecule has 1 atom stereocenters. The van der Waals surface area contributed by atoms with Gasteiger partial charge >= 0.3 is 5.97 Å².